The van der Waals surface area contributed by atoms with Crippen molar-refractivity contribution < 1.29 is 4.39 Å². The highest BCUT2D eigenvalue weighted by molar-refractivity contribution is 5.70. The summed E-state index contributed by atoms with van der Waals surface area (Å²) in [5, 5.41) is 14.2. The summed E-state index contributed by atoms with van der Waals surface area (Å²) in [7, 11) is 1.91. The molecule has 3 aromatic heterocycles. The van der Waals surface area contributed by atoms with Gasteiger partial charge in [0.2, 0.25) is 0 Å². The molecule has 7 rings (SSSR count). The highest BCUT2D eigenvalue weighted by Gasteiger charge is 2.65. The first-order valence-electron chi connectivity index (χ1n) is 11.4. The quantitative estimate of drug-likeness (QED) is 0.496. The molecule has 4 unspecified atom stereocenters. The third-order valence-electron chi connectivity index (χ3n) is 7.48. The lowest BCUT2D eigenvalue weighted by atomic mass is 9.55. The van der Waals surface area contributed by atoms with Gasteiger partial charge in [-0.05, 0) is 37.3 Å². The molecule has 4 heterocycles. The van der Waals surface area contributed by atoms with Gasteiger partial charge in [0.1, 0.15) is 6.17 Å². The fraction of sp³-hybridized carbons (Fsp3) is 0.360. The molecule has 2 N–H and O–H groups in total. The van der Waals surface area contributed by atoms with Crippen molar-refractivity contribution in [1.29, 1.82) is 0 Å². The standard InChI is InChI=1S/C17H14N6.C8H12FN/c1-23-11-16(10-22-23)12-3-2-4-13(5-12)17-18-6-14(7-19-17)15-8-20-21-9-15;9-5-1-3-8-4-2-6(8)10-7(5)8/h2-11H,1H3,(H,20,21);5-7,10H,1-4H2. The van der Waals surface area contributed by atoms with Crippen LogP contribution in [0.4, 0.5) is 4.39 Å². The van der Waals surface area contributed by atoms with Crippen LogP contribution in [0.1, 0.15) is 25.7 Å². The van der Waals surface area contributed by atoms with Gasteiger partial charge in [-0.1, -0.05) is 18.2 Å². The van der Waals surface area contributed by atoms with Crippen molar-refractivity contribution >= 4 is 0 Å². The maximum absolute atomic E-state index is 13.0. The van der Waals surface area contributed by atoms with E-state index < -0.39 is 6.17 Å². The van der Waals surface area contributed by atoms with Gasteiger partial charge < -0.3 is 5.32 Å². The fourth-order valence-electron chi connectivity index (χ4n) is 5.50. The lowest BCUT2D eigenvalue weighted by Gasteiger charge is -2.62. The van der Waals surface area contributed by atoms with Crippen molar-refractivity contribution in [3.05, 3.63) is 61.4 Å². The average Bonchev–Trinajstić information content (AvgIpc) is 3.58. The normalized spacial score (nSPS) is 26.9. The first-order valence-corrected chi connectivity index (χ1v) is 11.4. The van der Waals surface area contributed by atoms with Crippen molar-refractivity contribution in [2.75, 3.05) is 0 Å². The molecule has 4 aromatic rings. The van der Waals surface area contributed by atoms with E-state index in [-0.39, 0.29) is 6.04 Å². The smallest absolute Gasteiger partial charge is 0.159 e. The molecule has 1 aliphatic heterocycles. The second kappa shape index (κ2) is 7.88. The van der Waals surface area contributed by atoms with Gasteiger partial charge in [0, 0.05) is 71.6 Å². The topological polar surface area (TPSA) is 84.3 Å². The average molecular weight is 444 g/mol. The number of alkyl halides is 1. The van der Waals surface area contributed by atoms with E-state index in [0.29, 0.717) is 17.3 Å². The number of hydrogen-bond donors (Lipinski definition) is 2. The van der Waals surface area contributed by atoms with Crippen LogP contribution in [0.25, 0.3) is 33.6 Å². The van der Waals surface area contributed by atoms with Gasteiger partial charge in [0.15, 0.2) is 5.82 Å². The van der Waals surface area contributed by atoms with Crippen LogP contribution in [0.3, 0.4) is 0 Å². The number of aromatic amines is 1. The van der Waals surface area contributed by atoms with Crippen LogP contribution in [-0.2, 0) is 7.05 Å². The molecule has 0 bridgehead atoms. The zero-order chi connectivity index (χ0) is 22.4. The molecule has 7 nitrogen and oxygen atoms in total. The fourth-order valence-corrected chi connectivity index (χ4v) is 5.50. The minimum Gasteiger partial charge on any atom is -0.307 e. The second-order valence-electron chi connectivity index (χ2n) is 9.29. The lowest BCUT2D eigenvalue weighted by molar-refractivity contribution is -0.0719. The van der Waals surface area contributed by atoms with Crippen LogP contribution in [0.15, 0.2) is 61.4 Å². The van der Waals surface area contributed by atoms with Crippen molar-refractivity contribution in [2.45, 2.75) is 43.9 Å². The number of piperidine rings is 1. The second-order valence-corrected chi connectivity index (χ2v) is 9.29. The Balaban J connectivity index is 0.000000169. The third-order valence-corrected chi connectivity index (χ3v) is 7.48. The summed E-state index contributed by atoms with van der Waals surface area (Å²) in [6, 6.07) is 9.10. The summed E-state index contributed by atoms with van der Waals surface area (Å²) in [4.78, 5) is 8.94. The molecule has 1 spiro atoms. The molecule has 1 saturated heterocycles. The predicted molar refractivity (Wildman–Crippen MR) is 124 cm³/mol. The number of benzene rings is 1. The Morgan fingerprint density at radius 1 is 0.970 bits per heavy atom. The Labute approximate surface area is 191 Å². The van der Waals surface area contributed by atoms with Crippen molar-refractivity contribution in [3.8, 4) is 33.6 Å². The van der Waals surface area contributed by atoms with Crippen LogP contribution in [0.5, 0.6) is 0 Å². The van der Waals surface area contributed by atoms with Crippen molar-refractivity contribution in [2.24, 2.45) is 12.5 Å². The Morgan fingerprint density at radius 3 is 2.39 bits per heavy atom. The molecule has 3 fully saturated rings. The van der Waals surface area contributed by atoms with Gasteiger partial charge in [-0.15, -0.1) is 0 Å². The van der Waals surface area contributed by atoms with E-state index >= 15 is 0 Å². The first-order chi connectivity index (χ1) is 16.1. The van der Waals surface area contributed by atoms with Gasteiger partial charge in [-0.2, -0.15) is 10.2 Å². The van der Waals surface area contributed by atoms with Crippen LogP contribution < -0.4 is 5.32 Å². The van der Waals surface area contributed by atoms with E-state index in [2.05, 4.69) is 42.7 Å². The Morgan fingerprint density at radius 2 is 1.79 bits per heavy atom. The van der Waals surface area contributed by atoms with Crippen LogP contribution in [0, 0.1) is 5.41 Å². The number of halogens is 1. The molecule has 2 saturated carbocycles. The summed E-state index contributed by atoms with van der Waals surface area (Å²) in [5.41, 5.74) is 5.51. The van der Waals surface area contributed by atoms with Gasteiger partial charge in [0.05, 0.1) is 12.4 Å². The molecular formula is C25H26FN7. The maximum atomic E-state index is 13.0. The molecule has 168 valence electrons. The maximum Gasteiger partial charge on any atom is 0.159 e. The zero-order valence-electron chi connectivity index (χ0n) is 18.4. The highest BCUT2D eigenvalue weighted by Crippen LogP contribution is 2.60. The number of rotatable bonds is 3. The largest absolute Gasteiger partial charge is 0.307 e. The summed E-state index contributed by atoms with van der Waals surface area (Å²) in [6.07, 6.45) is 15.0. The van der Waals surface area contributed by atoms with Gasteiger partial charge in [-0.3, -0.25) is 9.78 Å². The number of hydrogen-bond acceptors (Lipinski definition) is 5. The third kappa shape index (κ3) is 3.45. The minimum absolute atomic E-state index is 0.256. The summed E-state index contributed by atoms with van der Waals surface area (Å²) in [5.74, 6) is 0.697. The number of aryl methyl sites for hydroxylation is 1. The molecule has 2 aliphatic carbocycles. The van der Waals surface area contributed by atoms with E-state index in [1.807, 2.05) is 50.2 Å². The Bertz CT molecular complexity index is 1250. The van der Waals surface area contributed by atoms with Gasteiger partial charge in [0.25, 0.3) is 0 Å². The van der Waals surface area contributed by atoms with Crippen molar-refractivity contribution in [1.82, 2.24) is 35.3 Å². The number of H-pyrrole nitrogens is 1. The molecule has 8 heteroatoms. The molecule has 4 atom stereocenters. The van der Waals surface area contributed by atoms with Crippen LogP contribution >= 0.6 is 0 Å². The lowest BCUT2D eigenvalue weighted by Crippen LogP contribution is -2.74. The zero-order valence-corrected chi connectivity index (χ0v) is 18.4. The van der Waals surface area contributed by atoms with E-state index in [9.17, 15) is 4.39 Å². The highest BCUT2D eigenvalue weighted by atomic mass is 19.1. The van der Waals surface area contributed by atoms with E-state index in [4.69, 9.17) is 0 Å². The van der Waals surface area contributed by atoms with E-state index in [0.717, 1.165) is 40.7 Å². The summed E-state index contributed by atoms with van der Waals surface area (Å²) < 4.78 is 14.8. The molecule has 3 aliphatic rings. The van der Waals surface area contributed by atoms with Crippen LogP contribution in [-0.4, -0.2) is 48.2 Å². The molecule has 33 heavy (non-hydrogen) atoms. The van der Waals surface area contributed by atoms with Crippen LogP contribution in [0.2, 0.25) is 0 Å². The minimum atomic E-state index is -0.531. The molecule has 1 aromatic carbocycles. The monoisotopic (exact) mass is 443 g/mol. The van der Waals surface area contributed by atoms with Crippen molar-refractivity contribution in [3.63, 3.8) is 0 Å². The van der Waals surface area contributed by atoms with E-state index in [1.165, 1.54) is 12.8 Å². The summed E-state index contributed by atoms with van der Waals surface area (Å²) in [6.45, 7) is 0. The molecule has 0 radical (unpaired) electrons. The first kappa shape index (κ1) is 20.2. The Hall–Kier alpha value is -3.39. The van der Waals surface area contributed by atoms with Gasteiger partial charge >= 0.3 is 0 Å². The van der Waals surface area contributed by atoms with E-state index in [1.54, 1.807) is 10.9 Å². The SMILES string of the molecule is Cn1cc(-c2cccc(-c3ncc(-c4cn[nH]c4)cn3)c2)cn1.FC1CCC23CCC2NC13. The van der Waals surface area contributed by atoms with Gasteiger partial charge in [-0.25, -0.2) is 14.4 Å². The predicted octanol–water partition coefficient (Wildman–Crippen LogP) is 4.17. The Kier molecular flexibility index (Phi) is 4.83. The molecular weight excluding hydrogens is 417 g/mol. The summed E-state index contributed by atoms with van der Waals surface area (Å²) >= 11 is 0. The molecule has 0 amide bonds. The number of nitrogens with one attached hydrogen (secondary N) is 2. The number of nitrogens with zero attached hydrogens (tertiary/aromatic N) is 5. The number of aromatic nitrogens is 6.